The number of ether oxygens (including phenoxy) is 1. The molecule has 32 heavy (non-hydrogen) atoms. The minimum absolute atomic E-state index is 0.00799. The van der Waals surface area contributed by atoms with E-state index in [9.17, 15) is 4.79 Å². The van der Waals surface area contributed by atoms with E-state index in [4.69, 9.17) is 4.74 Å². The molecule has 2 aliphatic heterocycles. The molecule has 7 nitrogen and oxygen atoms in total. The molecule has 3 heterocycles. The molecule has 1 atom stereocenters. The zero-order valence-electron chi connectivity index (χ0n) is 18.8. The van der Waals surface area contributed by atoms with E-state index in [1.807, 2.05) is 0 Å². The van der Waals surface area contributed by atoms with Crippen LogP contribution in [0.3, 0.4) is 0 Å². The highest BCUT2D eigenvalue weighted by atomic mass is 32.2. The molecule has 2 saturated heterocycles. The van der Waals surface area contributed by atoms with Gasteiger partial charge in [0.15, 0.2) is 5.82 Å². The minimum atomic E-state index is -0.00799. The van der Waals surface area contributed by atoms with Gasteiger partial charge in [-0.05, 0) is 44.9 Å². The summed E-state index contributed by atoms with van der Waals surface area (Å²) in [6, 6.07) is 8.45. The highest BCUT2D eigenvalue weighted by Gasteiger charge is 2.28. The molecule has 0 radical (unpaired) electrons. The average Bonchev–Trinajstić information content (AvgIpc) is 2.84. The first-order chi connectivity index (χ1) is 15.7. The third-order valence-corrected chi connectivity index (χ3v) is 7.02. The van der Waals surface area contributed by atoms with Crippen LogP contribution in [0, 0.1) is 12.8 Å². The van der Waals surface area contributed by atoms with Crippen molar-refractivity contribution in [2.45, 2.75) is 36.1 Å². The summed E-state index contributed by atoms with van der Waals surface area (Å²) in [5.74, 6) is 1.03. The molecule has 1 amide bonds. The van der Waals surface area contributed by atoms with Crippen LogP contribution in [0.25, 0.3) is 0 Å². The van der Waals surface area contributed by atoms with Crippen molar-refractivity contribution in [2.75, 3.05) is 57.4 Å². The lowest BCUT2D eigenvalue weighted by atomic mass is 9.97. The molecule has 1 unspecified atom stereocenters. The number of carbonyl (C=O) groups excluding carboxylic acids is 1. The number of carbonyl (C=O) groups is 1. The van der Waals surface area contributed by atoms with Crippen molar-refractivity contribution in [1.29, 1.82) is 0 Å². The van der Waals surface area contributed by atoms with Gasteiger partial charge in [0.05, 0.1) is 19.1 Å². The smallest absolute Gasteiger partial charge is 0.224 e. The molecule has 0 spiro atoms. The number of nitrogens with zero attached hydrogens (tertiary/aromatic N) is 4. The maximum absolute atomic E-state index is 12.8. The molecule has 8 heteroatoms. The van der Waals surface area contributed by atoms with Crippen LogP contribution in [0.4, 0.5) is 5.82 Å². The number of nitrogens with one attached hydrogen (secondary N) is 1. The van der Waals surface area contributed by atoms with E-state index in [-0.39, 0.29) is 11.8 Å². The van der Waals surface area contributed by atoms with Crippen molar-refractivity contribution < 1.29 is 9.53 Å². The molecule has 172 valence electrons. The summed E-state index contributed by atoms with van der Waals surface area (Å²) in [5.41, 5.74) is 1.24. The summed E-state index contributed by atoms with van der Waals surface area (Å²) in [6.45, 7) is 9.04. The predicted octanol–water partition coefficient (Wildman–Crippen LogP) is 2.99. The second kappa shape index (κ2) is 11.6. The first-order valence-corrected chi connectivity index (χ1v) is 12.4. The first kappa shape index (κ1) is 23.0. The second-order valence-corrected chi connectivity index (χ2v) is 9.55. The monoisotopic (exact) mass is 455 g/mol. The van der Waals surface area contributed by atoms with Gasteiger partial charge in [-0.2, -0.15) is 0 Å². The summed E-state index contributed by atoms with van der Waals surface area (Å²) in [4.78, 5) is 27.8. The summed E-state index contributed by atoms with van der Waals surface area (Å²) < 4.78 is 5.39. The maximum atomic E-state index is 12.8. The van der Waals surface area contributed by atoms with E-state index in [2.05, 4.69) is 56.3 Å². The fraction of sp³-hybridized carbons (Fsp3) is 0.542. The quantitative estimate of drug-likeness (QED) is 0.614. The number of morpholine rings is 1. The molecule has 0 saturated carbocycles. The molecular weight excluding hydrogens is 422 g/mol. The summed E-state index contributed by atoms with van der Waals surface area (Å²) >= 11 is 1.63. The van der Waals surface area contributed by atoms with Crippen molar-refractivity contribution >= 4 is 23.5 Å². The van der Waals surface area contributed by atoms with E-state index in [1.165, 1.54) is 5.56 Å². The molecule has 4 rings (SSSR count). The van der Waals surface area contributed by atoms with E-state index in [0.717, 1.165) is 80.9 Å². The molecule has 2 aliphatic rings. The van der Waals surface area contributed by atoms with Crippen LogP contribution in [-0.2, 0) is 9.53 Å². The van der Waals surface area contributed by atoms with Gasteiger partial charge in [0.25, 0.3) is 0 Å². The van der Waals surface area contributed by atoms with Gasteiger partial charge >= 0.3 is 0 Å². The zero-order valence-corrected chi connectivity index (χ0v) is 19.6. The van der Waals surface area contributed by atoms with Gasteiger partial charge < -0.3 is 15.0 Å². The lowest BCUT2D eigenvalue weighted by molar-refractivity contribution is -0.125. The Kier molecular flexibility index (Phi) is 8.36. The maximum Gasteiger partial charge on any atom is 0.224 e. The number of aryl methyl sites for hydroxylation is 1. The molecule has 0 bridgehead atoms. The van der Waals surface area contributed by atoms with Gasteiger partial charge in [-0.25, -0.2) is 9.97 Å². The molecule has 0 aliphatic carbocycles. The zero-order chi connectivity index (χ0) is 22.2. The Balaban J connectivity index is 1.30. The van der Waals surface area contributed by atoms with E-state index < -0.39 is 0 Å². The highest BCUT2D eigenvalue weighted by Crippen LogP contribution is 2.34. The largest absolute Gasteiger partial charge is 0.379 e. The average molecular weight is 456 g/mol. The summed E-state index contributed by atoms with van der Waals surface area (Å²) in [7, 11) is 0. The minimum Gasteiger partial charge on any atom is -0.379 e. The van der Waals surface area contributed by atoms with Crippen LogP contribution in [0.15, 0.2) is 46.6 Å². The summed E-state index contributed by atoms with van der Waals surface area (Å²) in [5, 5.41) is 4.05. The third-order valence-electron chi connectivity index (χ3n) is 6.03. The van der Waals surface area contributed by atoms with Gasteiger partial charge in [0, 0.05) is 50.0 Å². The number of amides is 1. The normalized spacial score (nSPS) is 19.7. The number of rotatable bonds is 8. The fourth-order valence-corrected chi connectivity index (χ4v) is 5.07. The van der Waals surface area contributed by atoms with E-state index >= 15 is 0 Å². The Bertz CT molecular complexity index is 873. The number of aromatic nitrogens is 2. The number of anilines is 1. The molecule has 2 fully saturated rings. The Morgan fingerprint density at radius 1 is 1.16 bits per heavy atom. The molecule has 1 aromatic heterocycles. The number of piperidine rings is 1. The topological polar surface area (TPSA) is 70.6 Å². The van der Waals surface area contributed by atoms with Gasteiger partial charge in [-0.15, -0.1) is 0 Å². The second-order valence-electron chi connectivity index (χ2n) is 8.48. The van der Waals surface area contributed by atoms with Gasteiger partial charge in [-0.1, -0.05) is 29.5 Å². The van der Waals surface area contributed by atoms with Gasteiger partial charge in [0.2, 0.25) is 5.91 Å². The van der Waals surface area contributed by atoms with E-state index in [0.29, 0.717) is 6.54 Å². The van der Waals surface area contributed by atoms with Crippen LogP contribution >= 0.6 is 11.8 Å². The fourth-order valence-electron chi connectivity index (χ4n) is 4.19. The Hall–Kier alpha value is -2.16. The Morgan fingerprint density at radius 2 is 1.94 bits per heavy atom. The van der Waals surface area contributed by atoms with Crippen LogP contribution in [0.2, 0.25) is 0 Å². The summed E-state index contributed by atoms with van der Waals surface area (Å²) in [6.07, 6.45) is 6.36. The molecule has 1 N–H and O–H groups in total. The Morgan fingerprint density at radius 3 is 2.75 bits per heavy atom. The molecule has 2 aromatic rings. The predicted molar refractivity (Wildman–Crippen MR) is 127 cm³/mol. The number of benzene rings is 1. The van der Waals surface area contributed by atoms with Gasteiger partial charge in [0.1, 0.15) is 5.03 Å². The number of hydrogen-bond acceptors (Lipinski definition) is 7. The van der Waals surface area contributed by atoms with E-state index in [1.54, 1.807) is 24.2 Å². The molecular formula is C24H33N5O2S. The Labute approximate surface area is 194 Å². The van der Waals surface area contributed by atoms with Crippen molar-refractivity contribution in [1.82, 2.24) is 20.2 Å². The van der Waals surface area contributed by atoms with Crippen molar-refractivity contribution in [3.63, 3.8) is 0 Å². The van der Waals surface area contributed by atoms with Gasteiger partial charge in [-0.3, -0.25) is 9.69 Å². The first-order valence-electron chi connectivity index (χ1n) is 11.6. The standard InChI is InChI=1S/C24H33N5O2S/c1-19-5-7-21(8-6-19)32-24-22(25-10-11-27-24)29-13-2-4-20(18-29)23(30)26-9-3-12-28-14-16-31-17-15-28/h5-8,10-11,20H,2-4,9,12-18H2,1H3,(H,26,30). The van der Waals surface area contributed by atoms with Crippen LogP contribution in [0.5, 0.6) is 0 Å². The van der Waals surface area contributed by atoms with Crippen molar-refractivity contribution in [3.8, 4) is 0 Å². The van der Waals surface area contributed by atoms with Crippen LogP contribution in [0.1, 0.15) is 24.8 Å². The lowest BCUT2D eigenvalue weighted by Crippen LogP contribution is -2.44. The van der Waals surface area contributed by atoms with Crippen LogP contribution < -0.4 is 10.2 Å². The SMILES string of the molecule is Cc1ccc(Sc2nccnc2N2CCCC(C(=O)NCCCN3CCOCC3)C2)cc1. The third kappa shape index (κ3) is 6.43. The molecule has 1 aromatic carbocycles. The van der Waals surface area contributed by atoms with Crippen LogP contribution in [-0.4, -0.2) is 73.3 Å². The number of hydrogen-bond donors (Lipinski definition) is 1. The van der Waals surface area contributed by atoms with Crippen molar-refractivity contribution in [2.24, 2.45) is 5.92 Å². The highest BCUT2D eigenvalue weighted by molar-refractivity contribution is 7.99. The lowest BCUT2D eigenvalue weighted by Gasteiger charge is -2.33. The van der Waals surface area contributed by atoms with Crippen molar-refractivity contribution in [3.05, 3.63) is 42.2 Å².